The van der Waals surface area contributed by atoms with Crippen LogP contribution >= 0.6 is 0 Å². The average molecular weight is 237 g/mol. The fraction of sp³-hybridized carbons (Fsp3) is 0.929. The topological polar surface area (TPSA) is 40.5 Å². The molecular weight excluding hydrogens is 214 g/mol. The van der Waals surface area contributed by atoms with E-state index in [2.05, 4.69) is 0 Å². The first-order chi connectivity index (χ1) is 8.25. The summed E-state index contributed by atoms with van der Waals surface area (Å²) < 4.78 is 0. The number of rotatable bonds is 1. The molecule has 0 aromatic carbocycles. The molecule has 2 saturated carbocycles. The molecule has 0 radical (unpaired) electrons. The van der Waals surface area contributed by atoms with Crippen molar-refractivity contribution in [3.63, 3.8) is 0 Å². The fourth-order valence-electron chi connectivity index (χ4n) is 4.02. The predicted molar refractivity (Wildman–Crippen MR) is 65.4 cm³/mol. The van der Waals surface area contributed by atoms with Gasteiger partial charge in [-0.1, -0.05) is 19.3 Å². The summed E-state index contributed by atoms with van der Waals surface area (Å²) in [5.74, 6) is 1.63. The van der Waals surface area contributed by atoms with E-state index in [1.807, 2.05) is 4.90 Å². The molecule has 2 aliphatic carbocycles. The van der Waals surface area contributed by atoms with E-state index in [1.165, 1.54) is 19.3 Å². The van der Waals surface area contributed by atoms with Gasteiger partial charge in [-0.15, -0.1) is 0 Å². The largest absolute Gasteiger partial charge is 0.393 e. The van der Waals surface area contributed by atoms with Crippen molar-refractivity contribution in [1.29, 1.82) is 0 Å². The van der Waals surface area contributed by atoms with Gasteiger partial charge in [0.05, 0.1) is 6.10 Å². The molecule has 96 valence electrons. The van der Waals surface area contributed by atoms with Crippen LogP contribution in [0.4, 0.5) is 0 Å². The molecule has 0 aromatic rings. The summed E-state index contributed by atoms with van der Waals surface area (Å²) in [6.45, 7) is 1.73. The maximum absolute atomic E-state index is 12.4. The van der Waals surface area contributed by atoms with Crippen LogP contribution < -0.4 is 0 Å². The molecule has 17 heavy (non-hydrogen) atoms. The number of likely N-dealkylation sites (tertiary alicyclic amines) is 1. The third kappa shape index (κ3) is 2.10. The predicted octanol–water partition coefficient (Wildman–Crippen LogP) is 1.80. The van der Waals surface area contributed by atoms with E-state index < -0.39 is 0 Å². The quantitative estimate of drug-likeness (QED) is 0.755. The monoisotopic (exact) mass is 237 g/mol. The van der Waals surface area contributed by atoms with Crippen molar-refractivity contribution in [2.24, 2.45) is 17.8 Å². The van der Waals surface area contributed by atoms with Gasteiger partial charge in [-0.05, 0) is 31.6 Å². The van der Waals surface area contributed by atoms with Crippen molar-refractivity contribution in [3.05, 3.63) is 0 Å². The summed E-state index contributed by atoms with van der Waals surface area (Å²) in [6, 6.07) is 0. The third-order valence-electron chi connectivity index (χ3n) is 5.09. The Morgan fingerprint density at radius 1 is 1.00 bits per heavy atom. The highest BCUT2D eigenvalue weighted by atomic mass is 16.3. The number of fused-ring (bicyclic) bond motifs is 1. The van der Waals surface area contributed by atoms with Crippen molar-refractivity contribution >= 4 is 5.91 Å². The summed E-state index contributed by atoms with van der Waals surface area (Å²) in [6.07, 6.45) is 7.83. The molecule has 3 aliphatic rings. The van der Waals surface area contributed by atoms with Crippen molar-refractivity contribution in [1.82, 2.24) is 4.90 Å². The lowest BCUT2D eigenvalue weighted by Gasteiger charge is -2.27. The normalized spacial score (nSPS) is 38.4. The Morgan fingerprint density at radius 2 is 1.76 bits per heavy atom. The van der Waals surface area contributed by atoms with Gasteiger partial charge >= 0.3 is 0 Å². The Bertz CT molecular complexity index is 299. The second-order valence-electron chi connectivity index (χ2n) is 6.15. The maximum Gasteiger partial charge on any atom is 0.225 e. The highest BCUT2D eigenvalue weighted by Gasteiger charge is 2.44. The van der Waals surface area contributed by atoms with Crippen molar-refractivity contribution in [2.45, 2.75) is 51.0 Å². The van der Waals surface area contributed by atoms with Crippen LogP contribution in [0.1, 0.15) is 44.9 Å². The summed E-state index contributed by atoms with van der Waals surface area (Å²) in [5, 5.41) is 9.87. The molecule has 0 bridgehead atoms. The Hall–Kier alpha value is -0.570. The second kappa shape index (κ2) is 4.60. The Kier molecular flexibility index (Phi) is 3.12. The van der Waals surface area contributed by atoms with Crippen LogP contribution in [-0.4, -0.2) is 35.1 Å². The van der Waals surface area contributed by atoms with E-state index in [0.29, 0.717) is 23.7 Å². The average Bonchev–Trinajstić information content (AvgIpc) is 2.92. The van der Waals surface area contributed by atoms with E-state index >= 15 is 0 Å². The zero-order chi connectivity index (χ0) is 11.8. The Balaban J connectivity index is 1.60. The molecule has 1 N–H and O–H groups in total. The van der Waals surface area contributed by atoms with E-state index in [1.54, 1.807) is 0 Å². The van der Waals surface area contributed by atoms with Crippen LogP contribution in [0.5, 0.6) is 0 Å². The van der Waals surface area contributed by atoms with Gasteiger partial charge in [0.15, 0.2) is 0 Å². The number of aliphatic hydroxyl groups is 1. The van der Waals surface area contributed by atoms with Gasteiger partial charge in [0.2, 0.25) is 5.91 Å². The number of carbonyl (C=O) groups is 1. The van der Waals surface area contributed by atoms with E-state index in [4.69, 9.17) is 0 Å². The molecule has 1 amide bonds. The first kappa shape index (κ1) is 11.5. The van der Waals surface area contributed by atoms with Crippen molar-refractivity contribution in [2.75, 3.05) is 13.1 Å². The van der Waals surface area contributed by atoms with Gasteiger partial charge in [0.1, 0.15) is 0 Å². The minimum atomic E-state index is -0.149. The molecule has 3 heteroatoms. The molecule has 0 aromatic heterocycles. The van der Waals surface area contributed by atoms with Crippen LogP contribution in [0.2, 0.25) is 0 Å². The standard InChI is InChI=1S/C14H23NO2/c16-13-7-6-11-8-15(9-12(11)13)14(17)10-4-2-1-3-5-10/h10-13,16H,1-9H2/t11-,12+,13?/m0/s1. The van der Waals surface area contributed by atoms with Crippen LogP contribution in [-0.2, 0) is 4.79 Å². The fourth-order valence-corrected chi connectivity index (χ4v) is 4.02. The Labute approximate surface area is 103 Å². The van der Waals surface area contributed by atoms with E-state index in [9.17, 15) is 9.90 Å². The lowest BCUT2D eigenvalue weighted by molar-refractivity contribution is -0.135. The SMILES string of the molecule is O=C(C1CCCCC1)N1C[C@@H]2CCC(O)[C@@H]2C1. The summed E-state index contributed by atoms with van der Waals surface area (Å²) in [5.41, 5.74) is 0. The summed E-state index contributed by atoms with van der Waals surface area (Å²) in [4.78, 5) is 14.4. The van der Waals surface area contributed by atoms with Crippen molar-refractivity contribution in [3.8, 4) is 0 Å². The lowest BCUT2D eigenvalue weighted by Crippen LogP contribution is -2.36. The molecule has 3 atom stereocenters. The van der Waals surface area contributed by atoms with Crippen molar-refractivity contribution < 1.29 is 9.90 Å². The number of hydrogen-bond acceptors (Lipinski definition) is 2. The second-order valence-corrected chi connectivity index (χ2v) is 6.15. The van der Waals surface area contributed by atoms with Gasteiger partial charge < -0.3 is 10.0 Å². The smallest absolute Gasteiger partial charge is 0.225 e. The molecule has 0 spiro atoms. The lowest BCUT2D eigenvalue weighted by atomic mass is 9.88. The highest BCUT2D eigenvalue weighted by molar-refractivity contribution is 5.79. The van der Waals surface area contributed by atoms with Crippen LogP contribution in [0.25, 0.3) is 0 Å². The number of aliphatic hydroxyl groups excluding tert-OH is 1. The molecule has 1 saturated heterocycles. The first-order valence-electron chi connectivity index (χ1n) is 7.22. The number of amides is 1. The highest BCUT2D eigenvalue weighted by Crippen LogP contribution is 2.39. The molecule has 1 aliphatic heterocycles. The first-order valence-corrected chi connectivity index (χ1v) is 7.22. The minimum Gasteiger partial charge on any atom is -0.393 e. The number of hydrogen-bond donors (Lipinski definition) is 1. The summed E-state index contributed by atoms with van der Waals surface area (Å²) >= 11 is 0. The third-order valence-corrected chi connectivity index (χ3v) is 5.09. The Morgan fingerprint density at radius 3 is 2.47 bits per heavy atom. The van der Waals surface area contributed by atoms with Gasteiger partial charge in [0, 0.05) is 24.9 Å². The molecular formula is C14H23NO2. The number of carbonyl (C=O) groups excluding carboxylic acids is 1. The zero-order valence-corrected chi connectivity index (χ0v) is 10.5. The van der Waals surface area contributed by atoms with E-state index in [-0.39, 0.29) is 6.10 Å². The van der Waals surface area contributed by atoms with Gasteiger partial charge in [0.25, 0.3) is 0 Å². The number of nitrogens with zero attached hydrogens (tertiary/aromatic N) is 1. The van der Waals surface area contributed by atoms with Gasteiger partial charge in [-0.2, -0.15) is 0 Å². The minimum absolute atomic E-state index is 0.149. The van der Waals surface area contributed by atoms with Crippen LogP contribution in [0.15, 0.2) is 0 Å². The van der Waals surface area contributed by atoms with Gasteiger partial charge in [-0.3, -0.25) is 4.79 Å². The zero-order valence-electron chi connectivity index (χ0n) is 10.5. The van der Waals surface area contributed by atoms with Gasteiger partial charge in [-0.25, -0.2) is 0 Å². The molecule has 3 rings (SSSR count). The maximum atomic E-state index is 12.4. The molecule has 3 fully saturated rings. The van der Waals surface area contributed by atoms with Crippen LogP contribution in [0.3, 0.4) is 0 Å². The van der Waals surface area contributed by atoms with Crippen LogP contribution in [0, 0.1) is 17.8 Å². The summed E-state index contributed by atoms with van der Waals surface area (Å²) in [7, 11) is 0. The molecule has 1 heterocycles. The van der Waals surface area contributed by atoms with E-state index in [0.717, 1.165) is 38.8 Å². The molecule has 3 nitrogen and oxygen atoms in total. The molecule has 1 unspecified atom stereocenters.